The van der Waals surface area contributed by atoms with Gasteiger partial charge in [0.05, 0.1) is 0 Å². The molecule has 0 bridgehead atoms. The van der Waals surface area contributed by atoms with E-state index >= 15 is 0 Å². The molecule has 122 valence electrons. The standard InChI is InChI=1S/C25H18Si/c1-5-13-22-18(9-1)17-19-10-2-6-14-23(19)26(22)24-15-7-3-11-20(24)21-12-4-8-16-25(21)26/h1-16H,17H2. The van der Waals surface area contributed by atoms with Crippen LogP contribution in [0.4, 0.5) is 0 Å². The van der Waals surface area contributed by atoms with E-state index in [0.717, 1.165) is 6.42 Å². The number of benzene rings is 4. The topological polar surface area (TPSA) is 0 Å². The molecule has 0 saturated heterocycles. The molecule has 4 aromatic carbocycles. The summed E-state index contributed by atoms with van der Waals surface area (Å²) in [5.41, 5.74) is 5.87. The lowest BCUT2D eigenvalue weighted by molar-refractivity contribution is 1.20. The minimum absolute atomic E-state index is 1.05. The van der Waals surface area contributed by atoms with Crippen LogP contribution in [0.2, 0.25) is 0 Å². The maximum Gasteiger partial charge on any atom is 0.181 e. The predicted octanol–water partition coefficient (Wildman–Crippen LogP) is 2.95. The van der Waals surface area contributed by atoms with E-state index in [0.29, 0.717) is 0 Å². The molecule has 0 N–H and O–H groups in total. The van der Waals surface area contributed by atoms with Crippen molar-refractivity contribution < 1.29 is 0 Å². The Labute approximate surface area is 154 Å². The second kappa shape index (κ2) is 5.06. The van der Waals surface area contributed by atoms with Gasteiger partial charge in [0, 0.05) is 0 Å². The predicted molar refractivity (Wildman–Crippen MR) is 112 cm³/mol. The molecule has 1 heteroatoms. The van der Waals surface area contributed by atoms with Crippen molar-refractivity contribution in [3.8, 4) is 11.1 Å². The molecule has 6 rings (SSSR count). The van der Waals surface area contributed by atoms with Gasteiger partial charge in [0.15, 0.2) is 8.07 Å². The first kappa shape index (κ1) is 14.3. The highest BCUT2D eigenvalue weighted by Crippen LogP contribution is 2.31. The SMILES string of the molecule is c1ccc2c(c1)Cc1ccccc1[Si]21c2ccccc2-c2ccccc21. The molecule has 0 fully saturated rings. The van der Waals surface area contributed by atoms with Gasteiger partial charge in [0.1, 0.15) is 0 Å². The van der Waals surface area contributed by atoms with E-state index in [1.807, 2.05) is 0 Å². The van der Waals surface area contributed by atoms with Crippen LogP contribution in [0, 0.1) is 0 Å². The van der Waals surface area contributed by atoms with Gasteiger partial charge < -0.3 is 0 Å². The number of hydrogen-bond acceptors (Lipinski definition) is 0. The second-order valence-corrected chi connectivity index (χ2v) is 11.0. The average Bonchev–Trinajstić information content (AvgIpc) is 3.00. The molecule has 1 spiro atoms. The van der Waals surface area contributed by atoms with E-state index in [4.69, 9.17) is 0 Å². The summed E-state index contributed by atoms with van der Waals surface area (Å²) in [5, 5.41) is 6.27. The van der Waals surface area contributed by atoms with Gasteiger partial charge in [-0.15, -0.1) is 0 Å². The summed E-state index contributed by atoms with van der Waals surface area (Å²) < 4.78 is 0. The van der Waals surface area contributed by atoms with Gasteiger partial charge in [-0.25, -0.2) is 0 Å². The zero-order valence-electron chi connectivity index (χ0n) is 14.4. The van der Waals surface area contributed by atoms with Crippen molar-refractivity contribution in [2.45, 2.75) is 6.42 Å². The van der Waals surface area contributed by atoms with Crippen molar-refractivity contribution >= 4 is 28.8 Å². The van der Waals surface area contributed by atoms with Crippen molar-refractivity contribution in [1.82, 2.24) is 0 Å². The molecule has 0 nitrogen and oxygen atoms in total. The third kappa shape index (κ3) is 1.59. The van der Waals surface area contributed by atoms with Gasteiger partial charge in [0.2, 0.25) is 0 Å². The summed E-state index contributed by atoms with van der Waals surface area (Å²) in [4.78, 5) is 0. The van der Waals surface area contributed by atoms with Crippen LogP contribution in [0.15, 0.2) is 97.1 Å². The van der Waals surface area contributed by atoms with Crippen molar-refractivity contribution in [1.29, 1.82) is 0 Å². The fraction of sp³-hybridized carbons (Fsp3) is 0.0400. The lowest BCUT2D eigenvalue weighted by atomic mass is 10.0. The Bertz CT molecular complexity index is 1080. The summed E-state index contributed by atoms with van der Waals surface area (Å²) in [5.74, 6) is 0. The summed E-state index contributed by atoms with van der Waals surface area (Å²) >= 11 is 0. The molecule has 4 aromatic rings. The lowest BCUT2D eigenvalue weighted by Gasteiger charge is -2.38. The molecular formula is C25H18Si. The Morgan fingerprint density at radius 3 is 1.31 bits per heavy atom. The molecule has 2 aliphatic rings. The van der Waals surface area contributed by atoms with Crippen LogP contribution in [0.25, 0.3) is 11.1 Å². The highest BCUT2D eigenvalue weighted by atomic mass is 28.3. The third-order valence-electron chi connectivity index (χ3n) is 6.18. The Hall–Kier alpha value is -2.90. The summed E-state index contributed by atoms with van der Waals surface area (Å²) in [7, 11) is -2.20. The fourth-order valence-corrected chi connectivity index (χ4v) is 10.9. The van der Waals surface area contributed by atoms with Gasteiger partial charge in [0.25, 0.3) is 0 Å². The van der Waals surface area contributed by atoms with Crippen LogP contribution >= 0.6 is 0 Å². The van der Waals surface area contributed by atoms with Gasteiger partial charge in [-0.2, -0.15) is 0 Å². The third-order valence-corrected chi connectivity index (χ3v) is 11.3. The van der Waals surface area contributed by atoms with Crippen molar-refractivity contribution in [3.63, 3.8) is 0 Å². The first-order valence-electron chi connectivity index (χ1n) is 9.27. The molecule has 0 atom stereocenters. The summed E-state index contributed by atoms with van der Waals surface area (Å²) in [6.45, 7) is 0. The minimum Gasteiger partial charge on any atom is -0.0623 e. The van der Waals surface area contributed by atoms with Crippen molar-refractivity contribution in [2.24, 2.45) is 0 Å². The van der Waals surface area contributed by atoms with Gasteiger partial charge >= 0.3 is 0 Å². The normalized spacial score (nSPS) is 15.1. The molecule has 0 unspecified atom stereocenters. The van der Waals surface area contributed by atoms with Crippen LogP contribution in [0.1, 0.15) is 11.1 Å². The average molecular weight is 347 g/mol. The quantitative estimate of drug-likeness (QED) is 0.371. The molecule has 26 heavy (non-hydrogen) atoms. The van der Waals surface area contributed by atoms with Gasteiger partial charge in [-0.05, 0) is 49.4 Å². The minimum atomic E-state index is -2.20. The highest BCUT2D eigenvalue weighted by molar-refractivity contribution is 7.22. The molecule has 2 aliphatic heterocycles. The van der Waals surface area contributed by atoms with Crippen LogP contribution in [0.5, 0.6) is 0 Å². The molecular weight excluding hydrogens is 328 g/mol. The Morgan fingerprint density at radius 1 is 0.423 bits per heavy atom. The lowest BCUT2D eigenvalue weighted by Crippen LogP contribution is -2.75. The van der Waals surface area contributed by atoms with E-state index in [-0.39, 0.29) is 0 Å². The zero-order chi connectivity index (χ0) is 17.1. The fourth-order valence-electron chi connectivity index (χ4n) is 5.25. The van der Waals surface area contributed by atoms with Crippen LogP contribution in [0.3, 0.4) is 0 Å². The smallest absolute Gasteiger partial charge is 0.0623 e. The number of fused-ring (bicyclic) bond motifs is 9. The summed E-state index contributed by atoms with van der Waals surface area (Å²) in [6, 6.07) is 36.5. The summed E-state index contributed by atoms with van der Waals surface area (Å²) in [6.07, 6.45) is 1.05. The van der Waals surface area contributed by atoms with Crippen molar-refractivity contribution in [3.05, 3.63) is 108 Å². The molecule has 0 amide bonds. The first-order valence-corrected chi connectivity index (χ1v) is 11.3. The van der Waals surface area contributed by atoms with E-state index in [2.05, 4.69) is 97.1 Å². The van der Waals surface area contributed by atoms with Crippen LogP contribution < -0.4 is 20.7 Å². The number of rotatable bonds is 0. The molecule has 0 radical (unpaired) electrons. The van der Waals surface area contributed by atoms with E-state index in [9.17, 15) is 0 Å². The zero-order valence-corrected chi connectivity index (χ0v) is 15.4. The highest BCUT2D eigenvalue weighted by Gasteiger charge is 2.51. The number of hydrogen-bond donors (Lipinski definition) is 0. The van der Waals surface area contributed by atoms with E-state index < -0.39 is 8.07 Å². The maximum absolute atomic E-state index is 2.40. The largest absolute Gasteiger partial charge is 0.181 e. The maximum atomic E-state index is 2.40. The van der Waals surface area contributed by atoms with Gasteiger partial charge in [-0.1, -0.05) is 97.1 Å². The van der Waals surface area contributed by atoms with Crippen LogP contribution in [-0.2, 0) is 6.42 Å². The second-order valence-electron chi connectivity index (χ2n) is 7.33. The molecule has 2 heterocycles. The molecule has 0 aromatic heterocycles. The monoisotopic (exact) mass is 346 g/mol. The first-order chi connectivity index (χ1) is 12.9. The van der Waals surface area contributed by atoms with Gasteiger partial charge in [-0.3, -0.25) is 0 Å². The Balaban J connectivity index is 1.87. The van der Waals surface area contributed by atoms with Crippen molar-refractivity contribution in [2.75, 3.05) is 0 Å². The van der Waals surface area contributed by atoms with E-state index in [1.165, 1.54) is 22.3 Å². The molecule has 0 aliphatic carbocycles. The van der Waals surface area contributed by atoms with Crippen LogP contribution in [-0.4, -0.2) is 8.07 Å². The van der Waals surface area contributed by atoms with E-state index in [1.54, 1.807) is 20.7 Å². The Morgan fingerprint density at radius 2 is 0.808 bits per heavy atom. The Kier molecular flexibility index (Phi) is 2.78. The molecule has 0 saturated carbocycles.